The Kier molecular flexibility index (Phi) is 8.99. The van der Waals surface area contributed by atoms with Crippen LogP contribution >= 0.6 is 0 Å². The molecule has 0 heterocycles. The van der Waals surface area contributed by atoms with Crippen LogP contribution in [-0.4, -0.2) is 55.6 Å². The van der Waals surface area contributed by atoms with Gasteiger partial charge in [-0.15, -0.1) is 0 Å². The summed E-state index contributed by atoms with van der Waals surface area (Å²) in [7, 11) is 4.22. The lowest BCUT2D eigenvalue weighted by Crippen LogP contribution is -2.34. The van der Waals surface area contributed by atoms with Crippen LogP contribution in [0.1, 0.15) is 39.5 Å². The molecule has 0 spiro atoms. The van der Waals surface area contributed by atoms with Crippen LogP contribution in [0.2, 0.25) is 0 Å². The molecule has 1 atom stereocenters. The molecule has 0 fully saturated rings. The number of unbranched alkanes of at least 4 members (excludes halogenated alkanes) is 1. The lowest BCUT2D eigenvalue weighted by molar-refractivity contribution is 0.259. The van der Waals surface area contributed by atoms with Crippen molar-refractivity contribution in [2.75, 3.05) is 40.3 Å². The van der Waals surface area contributed by atoms with Gasteiger partial charge < -0.3 is 15.5 Å². The Hall–Kier alpha value is -0.630. The van der Waals surface area contributed by atoms with Crippen LogP contribution in [0.15, 0.2) is 0 Å². The second-order valence-corrected chi connectivity index (χ2v) is 5.58. The molecule has 0 aromatic heterocycles. The molecule has 0 aromatic carbocycles. The second kappa shape index (κ2) is 9.32. The van der Waals surface area contributed by atoms with Gasteiger partial charge in [-0.25, -0.2) is 0 Å². The van der Waals surface area contributed by atoms with Crippen molar-refractivity contribution in [3.05, 3.63) is 0 Å². The number of nitrogens with zero attached hydrogens (tertiary/aromatic N) is 3. The van der Waals surface area contributed by atoms with Crippen LogP contribution < -0.4 is 5.73 Å². The second-order valence-electron chi connectivity index (χ2n) is 5.58. The maximum Gasteiger partial charge on any atom is 0.101 e. The number of hydrogen-bond acceptors (Lipinski definition) is 4. The standard InChI is InChI=1S/C14H30N4/c1-5-18(12-8-10-17(3)4)11-7-6-9-14(2,16)13-15/h5-12,16H2,1-4H3. The van der Waals surface area contributed by atoms with Crippen molar-refractivity contribution in [3.8, 4) is 6.07 Å². The van der Waals surface area contributed by atoms with E-state index in [0.29, 0.717) is 0 Å². The van der Waals surface area contributed by atoms with Gasteiger partial charge in [0.25, 0.3) is 0 Å². The molecule has 18 heavy (non-hydrogen) atoms. The zero-order valence-electron chi connectivity index (χ0n) is 12.6. The third-order valence-corrected chi connectivity index (χ3v) is 3.20. The summed E-state index contributed by atoms with van der Waals surface area (Å²) in [6.07, 6.45) is 4.17. The van der Waals surface area contributed by atoms with E-state index < -0.39 is 5.54 Å². The highest BCUT2D eigenvalue weighted by Gasteiger charge is 2.16. The normalized spacial score (nSPS) is 14.8. The Morgan fingerprint density at radius 2 is 1.72 bits per heavy atom. The van der Waals surface area contributed by atoms with Crippen molar-refractivity contribution in [3.63, 3.8) is 0 Å². The van der Waals surface area contributed by atoms with Gasteiger partial charge in [-0.1, -0.05) is 6.92 Å². The van der Waals surface area contributed by atoms with Crippen molar-refractivity contribution in [2.24, 2.45) is 5.73 Å². The predicted octanol–water partition coefficient (Wildman–Crippen LogP) is 1.67. The summed E-state index contributed by atoms with van der Waals surface area (Å²) < 4.78 is 0. The maximum absolute atomic E-state index is 8.83. The third-order valence-electron chi connectivity index (χ3n) is 3.20. The molecule has 0 saturated heterocycles. The smallest absolute Gasteiger partial charge is 0.101 e. The average molecular weight is 254 g/mol. The highest BCUT2D eigenvalue weighted by molar-refractivity contribution is 5.00. The summed E-state index contributed by atoms with van der Waals surface area (Å²) in [5.74, 6) is 0. The van der Waals surface area contributed by atoms with Gasteiger partial charge >= 0.3 is 0 Å². The number of rotatable bonds is 10. The van der Waals surface area contributed by atoms with Gasteiger partial charge in [0.05, 0.1) is 6.07 Å². The Balaban J connectivity index is 3.65. The molecule has 0 rings (SSSR count). The van der Waals surface area contributed by atoms with Crippen LogP contribution in [-0.2, 0) is 0 Å². The van der Waals surface area contributed by atoms with Gasteiger partial charge in [0.2, 0.25) is 0 Å². The van der Waals surface area contributed by atoms with E-state index in [-0.39, 0.29) is 0 Å². The van der Waals surface area contributed by atoms with E-state index >= 15 is 0 Å². The first-order valence-electron chi connectivity index (χ1n) is 6.98. The Labute approximate surface area is 113 Å². The molecule has 2 N–H and O–H groups in total. The fourth-order valence-electron chi connectivity index (χ4n) is 1.92. The summed E-state index contributed by atoms with van der Waals surface area (Å²) >= 11 is 0. The summed E-state index contributed by atoms with van der Waals surface area (Å²) in [5.41, 5.74) is 5.15. The predicted molar refractivity (Wildman–Crippen MR) is 77.3 cm³/mol. The van der Waals surface area contributed by atoms with Gasteiger partial charge in [0.1, 0.15) is 5.54 Å². The van der Waals surface area contributed by atoms with Gasteiger partial charge in [-0.2, -0.15) is 5.26 Å². The minimum Gasteiger partial charge on any atom is -0.314 e. The van der Waals surface area contributed by atoms with Gasteiger partial charge in [0.15, 0.2) is 0 Å². The Morgan fingerprint density at radius 3 is 2.22 bits per heavy atom. The molecular formula is C14H30N4. The first kappa shape index (κ1) is 17.4. The van der Waals surface area contributed by atoms with Crippen molar-refractivity contribution in [2.45, 2.75) is 45.1 Å². The van der Waals surface area contributed by atoms with Crippen LogP contribution in [0.25, 0.3) is 0 Å². The molecule has 0 amide bonds. The van der Waals surface area contributed by atoms with Crippen molar-refractivity contribution in [1.29, 1.82) is 5.26 Å². The molecule has 0 saturated carbocycles. The quantitative estimate of drug-likeness (QED) is 0.603. The van der Waals surface area contributed by atoms with Crippen LogP contribution in [0, 0.1) is 11.3 Å². The molecule has 4 nitrogen and oxygen atoms in total. The molecule has 0 aliphatic rings. The van der Waals surface area contributed by atoms with E-state index in [4.69, 9.17) is 11.0 Å². The first-order valence-corrected chi connectivity index (χ1v) is 6.98. The monoisotopic (exact) mass is 254 g/mol. The van der Waals surface area contributed by atoms with E-state index in [1.807, 2.05) is 6.92 Å². The van der Waals surface area contributed by atoms with Crippen LogP contribution in [0.4, 0.5) is 0 Å². The Morgan fingerprint density at radius 1 is 1.11 bits per heavy atom. The minimum atomic E-state index is -0.651. The number of nitrogens with two attached hydrogens (primary N) is 1. The van der Waals surface area contributed by atoms with E-state index in [0.717, 1.165) is 45.4 Å². The summed E-state index contributed by atoms with van der Waals surface area (Å²) in [6, 6.07) is 2.15. The van der Waals surface area contributed by atoms with Crippen molar-refractivity contribution in [1.82, 2.24) is 9.80 Å². The lowest BCUT2D eigenvalue weighted by atomic mass is 9.98. The van der Waals surface area contributed by atoms with E-state index in [1.54, 1.807) is 0 Å². The van der Waals surface area contributed by atoms with Crippen LogP contribution in [0.5, 0.6) is 0 Å². The zero-order chi connectivity index (χ0) is 14.0. The topological polar surface area (TPSA) is 56.3 Å². The van der Waals surface area contributed by atoms with Gasteiger partial charge in [0, 0.05) is 0 Å². The summed E-state index contributed by atoms with van der Waals surface area (Å²) in [4.78, 5) is 4.70. The number of hydrogen-bond donors (Lipinski definition) is 1. The zero-order valence-corrected chi connectivity index (χ0v) is 12.6. The van der Waals surface area contributed by atoms with E-state index in [1.165, 1.54) is 6.42 Å². The largest absolute Gasteiger partial charge is 0.314 e. The fourth-order valence-corrected chi connectivity index (χ4v) is 1.92. The van der Waals surface area contributed by atoms with E-state index in [9.17, 15) is 0 Å². The molecule has 4 heteroatoms. The van der Waals surface area contributed by atoms with Crippen molar-refractivity contribution >= 4 is 0 Å². The lowest BCUT2D eigenvalue weighted by Gasteiger charge is -2.22. The third kappa shape index (κ3) is 9.41. The molecule has 0 aromatic rings. The molecule has 0 bridgehead atoms. The van der Waals surface area contributed by atoms with Crippen molar-refractivity contribution < 1.29 is 0 Å². The molecular weight excluding hydrogens is 224 g/mol. The first-order chi connectivity index (χ1) is 8.41. The molecule has 0 aliphatic heterocycles. The number of nitriles is 1. The average Bonchev–Trinajstić information content (AvgIpc) is 2.31. The van der Waals surface area contributed by atoms with Gasteiger partial charge in [-0.3, -0.25) is 0 Å². The van der Waals surface area contributed by atoms with Gasteiger partial charge in [-0.05, 0) is 72.9 Å². The summed E-state index contributed by atoms with van der Waals surface area (Å²) in [5, 5.41) is 8.83. The highest BCUT2D eigenvalue weighted by Crippen LogP contribution is 2.09. The summed E-state index contributed by atoms with van der Waals surface area (Å²) in [6.45, 7) is 8.54. The maximum atomic E-state index is 8.83. The molecule has 0 radical (unpaired) electrons. The Bertz CT molecular complexity index is 243. The SMILES string of the molecule is CCN(CCCCC(C)(N)C#N)CCCN(C)C. The highest BCUT2D eigenvalue weighted by atomic mass is 15.1. The fraction of sp³-hybridized carbons (Fsp3) is 0.929. The van der Waals surface area contributed by atoms with Crippen LogP contribution in [0.3, 0.4) is 0 Å². The molecule has 1 unspecified atom stereocenters. The van der Waals surface area contributed by atoms with E-state index in [2.05, 4.69) is 36.9 Å². The molecule has 0 aliphatic carbocycles. The minimum absolute atomic E-state index is 0.651. The molecule has 106 valence electrons.